The molecule has 106 valence electrons. The van der Waals surface area contributed by atoms with Crippen LogP contribution in [0.2, 0.25) is 5.02 Å². The second kappa shape index (κ2) is 5.50. The summed E-state index contributed by atoms with van der Waals surface area (Å²) in [6, 6.07) is 11.1. The Morgan fingerprint density at radius 2 is 1.95 bits per heavy atom. The van der Waals surface area contributed by atoms with Crippen molar-refractivity contribution in [1.29, 1.82) is 0 Å². The van der Waals surface area contributed by atoms with Crippen molar-refractivity contribution in [1.82, 2.24) is 4.98 Å². The molecule has 0 unspecified atom stereocenters. The van der Waals surface area contributed by atoms with E-state index in [1.54, 1.807) is 12.1 Å². The number of benzene rings is 2. The predicted octanol–water partition coefficient (Wildman–Crippen LogP) is 6.01. The van der Waals surface area contributed by atoms with Gasteiger partial charge in [-0.25, -0.2) is 0 Å². The Morgan fingerprint density at radius 3 is 2.76 bits per heavy atom. The van der Waals surface area contributed by atoms with Gasteiger partial charge in [-0.1, -0.05) is 33.6 Å². The van der Waals surface area contributed by atoms with Crippen molar-refractivity contribution in [3.8, 4) is 5.88 Å². The standard InChI is InChI=1S/C15H11BrClN3O/c1-8-2-4-10(17)7-13(8)19-20-14-11-6-9(16)3-5-12(11)18-15(14)21/h2-7,18,21H,1H3. The summed E-state index contributed by atoms with van der Waals surface area (Å²) in [5.41, 5.74) is 2.84. The van der Waals surface area contributed by atoms with E-state index >= 15 is 0 Å². The number of aryl methyl sites for hydroxylation is 1. The van der Waals surface area contributed by atoms with E-state index in [2.05, 4.69) is 31.1 Å². The van der Waals surface area contributed by atoms with Crippen molar-refractivity contribution in [2.75, 3.05) is 0 Å². The van der Waals surface area contributed by atoms with Gasteiger partial charge in [0, 0.05) is 14.9 Å². The molecule has 0 spiro atoms. The van der Waals surface area contributed by atoms with E-state index in [1.165, 1.54) is 0 Å². The van der Waals surface area contributed by atoms with Crippen LogP contribution in [0, 0.1) is 6.92 Å². The summed E-state index contributed by atoms with van der Waals surface area (Å²) in [6.07, 6.45) is 0. The topological polar surface area (TPSA) is 60.7 Å². The van der Waals surface area contributed by atoms with Crippen LogP contribution in [0.5, 0.6) is 5.88 Å². The van der Waals surface area contributed by atoms with Crippen molar-refractivity contribution < 1.29 is 5.11 Å². The van der Waals surface area contributed by atoms with E-state index in [1.807, 2.05) is 31.2 Å². The Kier molecular flexibility index (Phi) is 3.69. The Balaban J connectivity index is 2.09. The van der Waals surface area contributed by atoms with Crippen molar-refractivity contribution in [2.24, 2.45) is 10.2 Å². The number of aromatic nitrogens is 1. The number of aromatic hydroxyl groups is 1. The Labute approximate surface area is 134 Å². The molecule has 1 aromatic heterocycles. The van der Waals surface area contributed by atoms with Gasteiger partial charge in [-0.15, -0.1) is 5.11 Å². The Morgan fingerprint density at radius 1 is 1.14 bits per heavy atom. The lowest BCUT2D eigenvalue weighted by Gasteiger charge is -1.99. The van der Waals surface area contributed by atoms with Crippen LogP contribution in [0.1, 0.15) is 5.56 Å². The van der Waals surface area contributed by atoms with Crippen molar-refractivity contribution in [3.63, 3.8) is 0 Å². The monoisotopic (exact) mass is 363 g/mol. The molecule has 0 atom stereocenters. The van der Waals surface area contributed by atoms with Gasteiger partial charge in [-0.3, -0.25) is 0 Å². The van der Waals surface area contributed by atoms with Crippen molar-refractivity contribution >= 4 is 49.8 Å². The molecular formula is C15H11BrClN3O. The lowest BCUT2D eigenvalue weighted by atomic mass is 10.2. The molecule has 0 fully saturated rings. The largest absolute Gasteiger partial charge is 0.493 e. The van der Waals surface area contributed by atoms with Crippen LogP contribution in [-0.2, 0) is 0 Å². The van der Waals surface area contributed by atoms with Gasteiger partial charge in [0.05, 0.1) is 11.2 Å². The number of nitrogens with one attached hydrogen (secondary N) is 1. The number of rotatable bonds is 2. The van der Waals surface area contributed by atoms with Crippen LogP contribution >= 0.6 is 27.5 Å². The Hall–Kier alpha value is -1.85. The summed E-state index contributed by atoms with van der Waals surface area (Å²) in [6.45, 7) is 1.93. The van der Waals surface area contributed by atoms with Crippen LogP contribution in [0.4, 0.5) is 11.4 Å². The van der Waals surface area contributed by atoms with Gasteiger partial charge in [0.25, 0.3) is 0 Å². The third-order valence-electron chi connectivity index (χ3n) is 3.14. The van der Waals surface area contributed by atoms with Gasteiger partial charge < -0.3 is 10.1 Å². The zero-order valence-electron chi connectivity index (χ0n) is 11.1. The number of nitrogens with zero attached hydrogens (tertiary/aromatic N) is 2. The molecular weight excluding hydrogens is 354 g/mol. The molecule has 1 heterocycles. The fraction of sp³-hybridized carbons (Fsp3) is 0.0667. The maximum atomic E-state index is 9.98. The zero-order valence-corrected chi connectivity index (χ0v) is 13.4. The molecule has 0 bridgehead atoms. The van der Waals surface area contributed by atoms with E-state index in [-0.39, 0.29) is 5.88 Å². The molecule has 6 heteroatoms. The number of H-pyrrole nitrogens is 1. The van der Waals surface area contributed by atoms with Crippen molar-refractivity contribution in [3.05, 3.63) is 51.5 Å². The highest BCUT2D eigenvalue weighted by Crippen LogP contribution is 2.38. The summed E-state index contributed by atoms with van der Waals surface area (Å²) in [5, 5.41) is 19.7. The number of fused-ring (bicyclic) bond motifs is 1. The molecule has 0 saturated carbocycles. The smallest absolute Gasteiger partial charge is 0.218 e. The Bertz CT molecular complexity index is 857. The van der Waals surface area contributed by atoms with E-state index in [0.29, 0.717) is 16.4 Å². The van der Waals surface area contributed by atoms with Crippen molar-refractivity contribution in [2.45, 2.75) is 6.92 Å². The lowest BCUT2D eigenvalue weighted by Crippen LogP contribution is -1.73. The lowest BCUT2D eigenvalue weighted by molar-refractivity contribution is 0.459. The molecule has 2 aromatic carbocycles. The van der Waals surface area contributed by atoms with Crippen LogP contribution < -0.4 is 0 Å². The van der Waals surface area contributed by atoms with E-state index in [0.717, 1.165) is 20.9 Å². The predicted molar refractivity (Wildman–Crippen MR) is 88.0 cm³/mol. The van der Waals surface area contributed by atoms with Gasteiger partial charge in [0.1, 0.15) is 0 Å². The molecule has 0 aliphatic heterocycles. The van der Waals surface area contributed by atoms with E-state index < -0.39 is 0 Å². The van der Waals surface area contributed by atoms with E-state index in [4.69, 9.17) is 11.6 Å². The summed E-state index contributed by atoms with van der Waals surface area (Å²) in [4.78, 5) is 2.87. The summed E-state index contributed by atoms with van der Waals surface area (Å²) in [5.74, 6) is -0.00784. The number of halogens is 2. The third kappa shape index (κ3) is 2.80. The van der Waals surface area contributed by atoms with E-state index in [9.17, 15) is 5.11 Å². The summed E-state index contributed by atoms with van der Waals surface area (Å²) < 4.78 is 0.907. The summed E-state index contributed by atoms with van der Waals surface area (Å²) >= 11 is 9.37. The van der Waals surface area contributed by atoms with Gasteiger partial charge in [-0.2, -0.15) is 5.11 Å². The average molecular weight is 365 g/mol. The molecule has 21 heavy (non-hydrogen) atoms. The highest BCUT2D eigenvalue weighted by Gasteiger charge is 2.10. The number of hydrogen-bond acceptors (Lipinski definition) is 3. The van der Waals surface area contributed by atoms with Gasteiger partial charge in [0.15, 0.2) is 5.69 Å². The maximum Gasteiger partial charge on any atom is 0.218 e. The summed E-state index contributed by atoms with van der Waals surface area (Å²) in [7, 11) is 0. The minimum atomic E-state index is -0.00784. The molecule has 4 nitrogen and oxygen atoms in total. The SMILES string of the molecule is Cc1ccc(Cl)cc1N=Nc1c(O)[nH]c2ccc(Br)cc12. The second-order valence-electron chi connectivity index (χ2n) is 4.64. The zero-order chi connectivity index (χ0) is 15.0. The van der Waals surface area contributed by atoms with Crippen LogP contribution in [0.3, 0.4) is 0 Å². The molecule has 2 N–H and O–H groups in total. The van der Waals surface area contributed by atoms with Gasteiger partial charge in [0.2, 0.25) is 5.88 Å². The quantitative estimate of drug-likeness (QED) is 0.537. The first-order valence-corrected chi connectivity index (χ1v) is 7.40. The minimum Gasteiger partial charge on any atom is -0.493 e. The van der Waals surface area contributed by atoms with Crippen LogP contribution in [0.25, 0.3) is 10.9 Å². The van der Waals surface area contributed by atoms with Gasteiger partial charge >= 0.3 is 0 Å². The first kappa shape index (κ1) is 14.1. The highest BCUT2D eigenvalue weighted by molar-refractivity contribution is 9.10. The highest BCUT2D eigenvalue weighted by atomic mass is 79.9. The first-order valence-electron chi connectivity index (χ1n) is 6.22. The van der Waals surface area contributed by atoms with Gasteiger partial charge in [-0.05, 0) is 42.8 Å². The van der Waals surface area contributed by atoms with Crippen LogP contribution in [-0.4, -0.2) is 10.1 Å². The molecule has 0 aliphatic carbocycles. The van der Waals surface area contributed by atoms with Crippen LogP contribution in [0.15, 0.2) is 51.1 Å². The molecule has 0 aliphatic rings. The normalized spacial score (nSPS) is 11.6. The molecule has 3 aromatic rings. The number of aromatic amines is 1. The molecule has 0 amide bonds. The average Bonchev–Trinajstić information content (AvgIpc) is 2.75. The fourth-order valence-corrected chi connectivity index (χ4v) is 2.56. The molecule has 3 rings (SSSR count). The fourth-order valence-electron chi connectivity index (χ4n) is 2.03. The molecule has 0 radical (unpaired) electrons. The minimum absolute atomic E-state index is 0.00784. The third-order valence-corrected chi connectivity index (χ3v) is 3.87. The number of azo groups is 1. The molecule has 0 saturated heterocycles. The second-order valence-corrected chi connectivity index (χ2v) is 6.00. The number of hydrogen-bond donors (Lipinski definition) is 2. The maximum absolute atomic E-state index is 9.98. The first-order chi connectivity index (χ1) is 10.0.